The van der Waals surface area contributed by atoms with Crippen molar-refractivity contribution in [1.82, 2.24) is 4.90 Å². The second-order valence-electron chi connectivity index (χ2n) is 5.81. The maximum absolute atomic E-state index is 8.74. The fourth-order valence-electron chi connectivity index (χ4n) is 3.61. The predicted molar refractivity (Wildman–Crippen MR) is 76.5 cm³/mol. The molecule has 2 atom stereocenters. The molecule has 1 aromatic carbocycles. The summed E-state index contributed by atoms with van der Waals surface area (Å²) in [4.78, 5) is 2.59. The Balaban J connectivity index is 1.64. The van der Waals surface area contributed by atoms with Gasteiger partial charge in [-0.1, -0.05) is 30.4 Å². The lowest BCUT2D eigenvalue weighted by Crippen LogP contribution is -2.21. The number of likely N-dealkylation sites (tertiary alicyclic amines) is 1. The summed E-state index contributed by atoms with van der Waals surface area (Å²) < 4.78 is 0. The molecule has 2 aliphatic rings. The summed E-state index contributed by atoms with van der Waals surface area (Å²) >= 11 is 0. The van der Waals surface area contributed by atoms with E-state index in [4.69, 9.17) is 5.11 Å². The van der Waals surface area contributed by atoms with Crippen LogP contribution >= 0.6 is 0 Å². The molecular weight excluding hydrogens is 234 g/mol. The molecule has 0 spiro atoms. The van der Waals surface area contributed by atoms with Gasteiger partial charge in [-0.2, -0.15) is 0 Å². The molecule has 19 heavy (non-hydrogen) atoms. The van der Waals surface area contributed by atoms with Crippen molar-refractivity contribution >= 4 is 0 Å². The van der Waals surface area contributed by atoms with Gasteiger partial charge in [0.15, 0.2) is 0 Å². The number of hydrogen-bond donors (Lipinski definition) is 1. The van der Waals surface area contributed by atoms with Crippen molar-refractivity contribution in [3.63, 3.8) is 0 Å². The van der Waals surface area contributed by atoms with Crippen LogP contribution in [0, 0.1) is 23.7 Å². The minimum atomic E-state index is -0.0697. The van der Waals surface area contributed by atoms with Gasteiger partial charge in [0.1, 0.15) is 6.61 Å². The van der Waals surface area contributed by atoms with Crippen molar-refractivity contribution < 1.29 is 5.11 Å². The van der Waals surface area contributed by atoms with Crippen LogP contribution in [0.25, 0.3) is 0 Å². The molecule has 2 unspecified atom stereocenters. The zero-order chi connectivity index (χ0) is 13.1. The van der Waals surface area contributed by atoms with E-state index in [2.05, 4.69) is 34.9 Å². The lowest BCUT2D eigenvalue weighted by Gasteiger charge is -2.16. The van der Waals surface area contributed by atoms with Crippen LogP contribution < -0.4 is 0 Å². The summed E-state index contributed by atoms with van der Waals surface area (Å²) in [5.74, 6) is 7.60. The smallest absolute Gasteiger partial charge is 0.104 e. The van der Waals surface area contributed by atoms with Crippen LogP contribution in [-0.2, 0) is 6.54 Å². The Labute approximate surface area is 115 Å². The van der Waals surface area contributed by atoms with Crippen LogP contribution in [0.5, 0.6) is 0 Å². The zero-order valence-electron chi connectivity index (χ0n) is 11.3. The van der Waals surface area contributed by atoms with Gasteiger partial charge < -0.3 is 5.11 Å². The number of aliphatic hydroxyl groups is 1. The Morgan fingerprint density at radius 1 is 1.21 bits per heavy atom. The predicted octanol–water partition coefficient (Wildman–Crippen LogP) is 2.26. The number of nitrogens with zero attached hydrogens (tertiary/aromatic N) is 1. The highest BCUT2D eigenvalue weighted by atomic mass is 16.2. The topological polar surface area (TPSA) is 23.5 Å². The van der Waals surface area contributed by atoms with E-state index in [1.807, 2.05) is 6.07 Å². The summed E-state index contributed by atoms with van der Waals surface area (Å²) in [5.41, 5.74) is 2.34. The van der Waals surface area contributed by atoms with Crippen molar-refractivity contribution in [2.75, 3.05) is 19.7 Å². The van der Waals surface area contributed by atoms with E-state index < -0.39 is 0 Å². The molecule has 1 heterocycles. The molecule has 1 aliphatic carbocycles. The van der Waals surface area contributed by atoms with Crippen LogP contribution in [0.4, 0.5) is 0 Å². The van der Waals surface area contributed by atoms with Crippen LogP contribution in [0.2, 0.25) is 0 Å². The van der Waals surface area contributed by atoms with E-state index in [-0.39, 0.29) is 6.61 Å². The first kappa shape index (κ1) is 12.7. The molecule has 1 aliphatic heterocycles. The van der Waals surface area contributed by atoms with Crippen molar-refractivity contribution in [1.29, 1.82) is 0 Å². The molecule has 0 radical (unpaired) electrons. The van der Waals surface area contributed by atoms with Gasteiger partial charge in [-0.05, 0) is 42.4 Å². The second kappa shape index (κ2) is 5.77. The summed E-state index contributed by atoms with van der Waals surface area (Å²) in [6.07, 6.45) is 4.31. The van der Waals surface area contributed by atoms with Gasteiger partial charge in [0, 0.05) is 25.2 Å². The molecule has 1 saturated heterocycles. The van der Waals surface area contributed by atoms with E-state index in [0.717, 1.165) is 23.9 Å². The second-order valence-corrected chi connectivity index (χ2v) is 5.81. The van der Waals surface area contributed by atoms with E-state index in [9.17, 15) is 0 Å². The van der Waals surface area contributed by atoms with Gasteiger partial charge in [-0.3, -0.25) is 4.90 Å². The number of benzene rings is 1. The highest BCUT2D eigenvalue weighted by Crippen LogP contribution is 2.38. The monoisotopic (exact) mass is 255 g/mol. The average Bonchev–Trinajstić information content (AvgIpc) is 2.97. The van der Waals surface area contributed by atoms with Crippen molar-refractivity contribution in [2.24, 2.45) is 11.8 Å². The Kier molecular flexibility index (Phi) is 3.87. The van der Waals surface area contributed by atoms with E-state index in [1.54, 1.807) is 0 Å². The first-order chi connectivity index (χ1) is 9.35. The van der Waals surface area contributed by atoms with Crippen LogP contribution in [0.15, 0.2) is 24.3 Å². The molecule has 0 amide bonds. The van der Waals surface area contributed by atoms with Gasteiger partial charge in [-0.15, -0.1) is 0 Å². The fourth-order valence-corrected chi connectivity index (χ4v) is 3.61. The maximum atomic E-state index is 8.74. The van der Waals surface area contributed by atoms with E-state index in [1.165, 1.54) is 37.9 Å². The third-order valence-electron chi connectivity index (χ3n) is 4.45. The first-order valence-corrected chi connectivity index (χ1v) is 7.26. The molecule has 0 bridgehead atoms. The van der Waals surface area contributed by atoms with Crippen molar-refractivity contribution in [3.8, 4) is 11.8 Å². The zero-order valence-corrected chi connectivity index (χ0v) is 11.3. The summed E-state index contributed by atoms with van der Waals surface area (Å²) in [6, 6.07) is 8.40. The van der Waals surface area contributed by atoms with Gasteiger partial charge >= 0.3 is 0 Å². The largest absolute Gasteiger partial charge is 0.384 e. The quantitative estimate of drug-likeness (QED) is 0.819. The molecule has 2 fully saturated rings. The van der Waals surface area contributed by atoms with Gasteiger partial charge in [-0.25, -0.2) is 0 Å². The number of hydrogen-bond acceptors (Lipinski definition) is 2. The molecule has 3 rings (SSSR count). The average molecular weight is 255 g/mol. The fraction of sp³-hybridized carbons (Fsp3) is 0.529. The molecule has 0 aromatic heterocycles. The highest BCUT2D eigenvalue weighted by Gasteiger charge is 2.35. The van der Waals surface area contributed by atoms with E-state index in [0.29, 0.717) is 0 Å². The standard InChI is InChI=1S/C17H21NO/c19-9-3-6-14-4-1-5-15(10-14)11-18-12-16-7-2-8-17(16)13-18/h1,4-5,10,16-17,19H,2,7-9,11-13H2. The molecule has 1 aromatic rings. The maximum Gasteiger partial charge on any atom is 0.104 e. The molecule has 1 N–H and O–H groups in total. The first-order valence-electron chi connectivity index (χ1n) is 7.26. The third-order valence-corrected chi connectivity index (χ3v) is 4.45. The lowest BCUT2D eigenvalue weighted by atomic mass is 10.0. The Hall–Kier alpha value is -1.30. The van der Waals surface area contributed by atoms with Gasteiger partial charge in [0.2, 0.25) is 0 Å². The Morgan fingerprint density at radius 3 is 2.74 bits per heavy atom. The third kappa shape index (κ3) is 3.00. The van der Waals surface area contributed by atoms with Gasteiger partial charge in [0.05, 0.1) is 0 Å². The summed E-state index contributed by atoms with van der Waals surface area (Å²) in [5, 5.41) is 8.74. The Morgan fingerprint density at radius 2 is 2.00 bits per heavy atom. The van der Waals surface area contributed by atoms with Crippen molar-refractivity contribution in [3.05, 3.63) is 35.4 Å². The highest BCUT2D eigenvalue weighted by molar-refractivity contribution is 5.37. The van der Waals surface area contributed by atoms with E-state index >= 15 is 0 Å². The summed E-state index contributed by atoms with van der Waals surface area (Å²) in [6.45, 7) is 3.52. The normalized spacial score (nSPS) is 25.9. The molecular formula is C17H21NO. The van der Waals surface area contributed by atoms with Crippen LogP contribution in [0.1, 0.15) is 30.4 Å². The molecule has 1 saturated carbocycles. The molecule has 100 valence electrons. The Bertz CT molecular complexity index is 487. The minimum Gasteiger partial charge on any atom is -0.384 e. The lowest BCUT2D eigenvalue weighted by molar-refractivity contribution is 0.303. The molecule has 2 nitrogen and oxygen atoms in total. The van der Waals surface area contributed by atoms with Crippen LogP contribution in [0.3, 0.4) is 0 Å². The van der Waals surface area contributed by atoms with Crippen molar-refractivity contribution in [2.45, 2.75) is 25.8 Å². The number of aliphatic hydroxyl groups excluding tert-OH is 1. The molecule has 2 heteroatoms. The SMILES string of the molecule is OCC#Cc1cccc(CN2CC3CCCC3C2)c1. The summed E-state index contributed by atoms with van der Waals surface area (Å²) in [7, 11) is 0. The van der Waals surface area contributed by atoms with Crippen LogP contribution in [-0.4, -0.2) is 29.7 Å². The minimum absolute atomic E-state index is 0.0697. The number of fused-ring (bicyclic) bond motifs is 1. The van der Waals surface area contributed by atoms with Gasteiger partial charge in [0.25, 0.3) is 0 Å². The number of rotatable bonds is 2.